The van der Waals surface area contributed by atoms with E-state index in [0.717, 1.165) is 12.0 Å². The fourth-order valence-corrected chi connectivity index (χ4v) is 8.01. The smallest absolute Gasteiger partial charge is 0.408 e. The Morgan fingerprint density at radius 2 is 1.87 bits per heavy atom. The number of esters is 1. The van der Waals surface area contributed by atoms with Crippen LogP contribution in [-0.4, -0.2) is 90.8 Å². The average Bonchev–Trinajstić information content (AvgIpc) is 3.59. The normalized spacial score (nSPS) is 47.3. The fraction of sp³-hybridized carbons (Fsp3) is 0.714. The summed E-state index contributed by atoms with van der Waals surface area (Å²) in [5.41, 5.74) is -0.00883. The Hall–Kier alpha value is -2.39. The molecule has 1 saturated carbocycles. The van der Waals surface area contributed by atoms with Crippen LogP contribution in [0.2, 0.25) is 0 Å². The van der Waals surface area contributed by atoms with E-state index in [-0.39, 0.29) is 48.0 Å². The van der Waals surface area contributed by atoms with Crippen molar-refractivity contribution in [2.75, 3.05) is 14.2 Å². The summed E-state index contributed by atoms with van der Waals surface area (Å²) in [5, 5.41) is 15.0. The molecule has 5 rings (SSSR count). The third-order valence-electron chi connectivity index (χ3n) is 10.3. The summed E-state index contributed by atoms with van der Waals surface area (Å²) in [6.07, 6.45) is 6.73. The number of ether oxygens (including phenoxy) is 6. The van der Waals surface area contributed by atoms with Crippen molar-refractivity contribution < 1.29 is 43.1 Å². The van der Waals surface area contributed by atoms with Crippen LogP contribution in [0.25, 0.3) is 0 Å². The summed E-state index contributed by atoms with van der Waals surface area (Å²) in [5.74, 6) is 3.25. The molecule has 0 aromatic heterocycles. The standard InChI is InChI=1S/C35H48ClNO9/c1-19-14-24(13-11-9-8-10-12-23-16-26(23)36)44-28(38)18-35(40)17-25(20(2)29(45-35)21(3)27(15-19)41-6)30-32(42-7)34(5)31(22(4)43-30)37-33(39)46-34/h8-9,11,13,15,20-27,29-32,40H,14,16-18H2,1-7H3,(H,37,39)/b9-8+,13-11+,19-15+/t20-,21-,22+,23-,24+,25+,26-,27-,29+,30+,31-,32+,34-,35+/m1/s1. The number of amides is 1. The van der Waals surface area contributed by atoms with Gasteiger partial charge in [0.2, 0.25) is 0 Å². The van der Waals surface area contributed by atoms with Gasteiger partial charge in [-0.15, -0.1) is 11.6 Å². The quantitative estimate of drug-likeness (QED) is 0.145. The van der Waals surface area contributed by atoms with Crippen molar-refractivity contribution in [1.29, 1.82) is 0 Å². The van der Waals surface area contributed by atoms with E-state index < -0.39 is 60.0 Å². The molecule has 0 radical (unpaired) electrons. The van der Waals surface area contributed by atoms with Gasteiger partial charge in [-0.1, -0.05) is 49.5 Å². The number of aliphatic hydroxyl groups is 1. The number of alkyl halides is 1. The average molecular weight is 662 g/mol. The van der Waals surface area contributed by atoms with Gasteiger partial charge in [0, 0.05) is 44.3 Å². The highest BCUT2D eigenvalue weighted by Gasteiger charge is 2.63. The Balaban J connectivity index is 1.42. The summed E-state index contributed by atoms with van der Waals surface area (Å²) in [6.45, 7) is 9.81. The van der Waals surface area contributed by atoms with Crippen LogP contribution in [0.1, 0.15) is 60.3 Å². The van der Waals surface area contributed by atoms with Gasteiger partial charge in [0.1, 0.15) is 18.2 Å². The Morgan fingerprint density at radius 1 is 1.13 bits per heavy atom. The first-order valence-corrected chi connectivity index (χ1v) is 16.7. The van der Waals surface area contributed by atoms with Crippen molar-refractivity contribution in [2.45, 2.75) is 120 Å². The lowest BCUT2D eigenvalue weighted by Gasteiger charge is -2.54. The molecule has 0 aromatic rings. The predicted molar refractivity (Wildman–Crippen MR) is 171 cm³/mol. The number of alkyl carbamates (subject to hydrolysis) is 1. The Labute approximate surface area is 277 Å². The summed E-state index contributed by atoms with van der Waals surface area (Å²) in [4.78, 5) is 25.8. The zero-order valence-electron chi connectivity index (χ0n) is 27.7. The first-order valence-electron chi connectivity index (χ1n) is 16.2. The maximum Gasteiger partial charge on any atom is 0.408 e. The van der Waals surface area contributed by atoms with Crippen LogP contribution in [0.3, 0.4) is 0 Å². The molecule has 46 heavy (non-hydrogen) atoms. The van der Waals surface area contributed by atoms with Gasteiger partial charge in [-0.25, -0.2) is 4.79 Å². The lowest BCUT2D eigenvalue weighted by Crippen LogP contribution is -2.69. The first kappa shape index (κ1) is 34.9. The zero-order valence-corrected chi connectivity index (χ0v) is 28.5. The number of hydrogen-bond acceptors (Lipinski definition) is 9. The second-order valence-electron chi connectivity index (χ2n) is 13.8. The molecule has 1 aliphatic carbocycles. The summed E-state index contributed by atoms with van der Waals surface area (Å²) in [7, 11) is 3.22. The van der Waals surface area contributed by atoms with E-state index >= 15 is 0 Å². The third-order valence-corrected chi connectivity index (χ3v) is 10.8. The zero-order chi connectivity index (χ0) is 33.4. The first-order chi connectivity index (χ1) is 21.8. The molecule has 4 heterocycles. The topological polar surface area (TPSA) is 122 Å². The van der Waals surface area contributed by atoms with E-state index in [1.54, 1.807) is 38.5 Å². The van der Waals surface area contributed by atoms with Gasteiger partial charge in [-0.05, 0) is 51.2 Å². The largest absolute Gasteiger partial charge is 0.458 e. The van der Waals surface area contributed by atoms with Gasteiger partial charge in [0.25, 0.3) is 0 Å². The number of methoxy groups -OCH3 is 2. The second-order valence-corrected chi connectivity index (χ2v) is 14.3. The summed E-state index contributed by atoms with van der Waals surface area (Å²) in [6, 6.07) is -0.410. The van der Waals surface area contributed by atoms with Crippen molar-refractivity contribution in [3.05, 3.63) is 36.0 Å². The van der Waals surface area contributed by atoms with Crippen LogP contribution >= 0.6 is 11.6 Å². The van der Waals surface area contributed by atoms with Gasteiger partial charge in [-0.2, -0.15) is 0 Å². The number of halogens is 1. The van der Waals surface area contributed by atoms with Crippen molar-refractivity contribution in [3.63, 3.8) is 0 Å². The monoisotopic (exact) mass is 661 g/mol. The van der Waals surface area contributed by atoms with E-state index in [9.17, 15) is 14.7 Å². The van der Waals surface area contributed by atoms with Crippen LogP contribution in [0.5, 0.6) is 0 Å². The number of carbonyl (C=O) groups is 2. The number of rotatable bonds is 5. The fourth-order valence-electron chi connectivity index (χ4n) is 7.75. The van der Waals surface area contributed by atoms with E-state index in [1.807, 2.05) is 33.8 Å². The van der Waals surface area contributed by atoms with Crippen LogP contribution < -0.4 is 5.32 Å². The summed E-state index contributed by atoms with van der Waals surface area (Å²) >= 11 is 6.01. The predicted octanol–water partition coefficient (Wildman–Crippen LogP) is 4.43. The SMILES string of the molecule is CO[C@@H]1/C=C(\C)C[C@H](/C=C/C=C/C#C[C@@H]2C[C@H]2Cl)OC(=O)C[C@]2(O)C[C@H]([C@@H]3O[C@@H](C)[C@H]4NC(=O)O[C@@]4(C)[C@H]3OC)[C@@H](C)[C@H](O2)[C@@H]1C. The minimum Gasteiger partial charge on any atom is -0.458 e. The highest BCUT2D eigenvalue weighted by Crippen LogP contribution is 2.49. The molecule has 2 N–H and O–H groups in total. The number of allylic oxidation sites excluding steroid dienone is 3. The molecule has 14 atom stereocenters. The van der Waals surface area contributed by atoms with Crippen molar-refractivity contribution in [3.8, 4) is 11.8 Å². The van der Waals surface area contributed by atoms with Gasteiger partial charge >= 0.3 is 12.1 Å². The summed E-state index contributed by atoms with van der Waals surface area (Å²) < 4.78 is 36.7. The molecule has 5 aliphatic rings. The van der Waals surface area contributed by atoms with E-state index in [0.29, 0.717) is 6.42 Å². The van der Waals surface area contributed by atoms with Gasteiger partial charge in [0.15, 0.2) is 11.4 Å². The highest BCUT2D eigenvalue weighted by atomic mass is 35.5. The minimum absolute atomic E-state index is 0.0877. The van der Waals surface area contributed by atoms with Crippen LogP contribution in [-0.2, 0) is 33.2 Å². The van der Waals surface area contributed by atoms with Crippen molar-refractivity contribution in [1.82, 2.24) is 5.32 Å². The molecule has 4 aliphatic heterocycles. The van der Waals surface area contributed by atoms with E-state index in [1.165, 1.54) is 0 Å². The molecule has 0 unspecified atom stereocenters. The maximum atomic E-state index is 13.4. The molecule has 0 aromatic carbocycles. The number of carbonyl (C=O) groups excluding carboxylic acids is 2. The molecule has 2 bridgehead atoms. The lowest BCUT2D eigenvalue weighted by atomic mass is 9.68. The van der Waals surface area contributed by atoms with Crippen LogP contribution in [0, 0.1) is 35.5 Å². The van der Waals surface area contributed by atoms with Crippen molar-refractivity contribution >= 4 is 23.7 Å². The lowest BCUT2D eigenvalue weighted by molar-refractivity contribution is -0.317. The molecular weight excluding hydrogens is 614 g/mol. The van der Waals surface area contributed by atoms with Crippen LogP contribution in [0.15, 0.2) is 36.0 Å². The Kier molecular flexibility index (Phi) is 10.6. The molecule has 254 valence electrons. The molecule has 10 nitrogen and oxygen atoms in total. The molecule has 0 spiro atoms. The molecule has 11 heteroatoms. The third kappa shape index (κ3) is 7.35. The molecular formula is C35H48ClNO9. The van der Waals surface area contributed by atoms with E-state index in [4.69, 9.17) is 40.0 Å². The number of hydrogen-bond donors (Lipinski definition) is 2. The molecule has 3 saturated heterocycles. The number of fused-ring (bicyclic) bond motifs is 3. The highest BCUT2D eigenvalue weighted by molar-refractivity contribution is 6.22. The molecule has 4 fully saturated rings. The maximum absolute atomic E-state index is 13.4. The van der Waals surface area contributed by atoms with E-state index in [2.05, 4.69) is 24.1 Å². The molecule has 1 amide bonds. The Bertz CT molecular complexity index is 1310. The second kappa shape index (κ2) is 14.0. The minimum atomic E-state index is -1.84. The number of cyclic esters (lactones) is 1. The van der Waals surface area contributed by atoms with Crippen LogP contribution in [0.4, 0.5) is 4.79 Å². The van der Waals surface area contributed by atoms with Gasteiger partial charge in [-0.3, -0.25) is 4.79 Å². The van der Waals surface area contributed by atoms with Gasteiger partial charge in [0.05, 0.1) is 30.8 Å². The van der Waals surface area contributed by atoms with Crippen molar-refractivity contribution in [2.24, 2.45) is 23.7 Å². The Morgan fingerprint density at radius 3 is 2.54 bits per heavy atom. The van der Waals surface area contributed by atoms with Gasteiger partial charge < -0.3 is 38.8 Å². The number of nitrogens with one attached hydrogen (secondary N) is 1.